The van der Waals surface area contributed by atoms with Gasteiger partial charge in [-0.05, 0) is 38.0 Å². The lowest BCUT2D eigenvalue weighted by molar-refractivity contribution is 0.827. The van der Waals surface area contributed by atoms with Gasteiger partial charge in [0.25, 0.3) is 0 Å². The standard InChI is InChI=1S/C17H24N4/c1-5-8-15-19-16(18-4)12-17(20-15)21(6-2)14-10-7-9-13(3)11-14/h7,9-12H,5-6,8H2,1-4H3,(H,18,19,20). The summed E-state index contributed by atoms with van der Waals surface area (Å²) in [7, 11) is 1.89. The highest BCUT2D eigenvalue weighted by Crippen LogP contribution is 2.26. The Kier molecular flexibility index (Phi) is 5.14. The fourth-order valence-corrected chi connectivity index (χ4v) is 2.36. The minimum Gasteiger partial charge on any atom is -0.373 e. The third kappa shape index (κ3) is 3.72. The van der Waals surface area contributed by atoms with Crippen molar-refractivity contribution in [3.05, 3.63) is 41.7 Å². The Labute approximate surface area is 127 Å². The second-order valence-electron chi connectivity index (χ2n) is 5.11. The van der Waals surface area contributed by atoms with Crippen LogP contribution in [0.5, 0.6) is 0 Å². The molecule has 0 aliphatic rings. The Balaban J connectivity index is 2.43. The van der Waals surface area contributed by atoms with Crippen LogP contribution in [0.4, 0.5) is 17.3 Å². The number of nitrogens with zero attached hydrogens (tertiary/aromatic N) is 3. The van der Waals surface area contributed by atoms with E-state index in [9.17, 15) is 0 Å². The summed E-state index contributed by atoms with van der Waals surface area (Å²) in [4.78, 5) is 11.5. The van der Waals surface area contributed by atoms with Gasteiger partial charge >= 0.3 is 0 Å². The van der Waals surface area contributed by atoms with E-state index in [-0.39, 0.29) is 0 Å². The molecule has 21 heavy (non-hydrogen) atoms. The lowest BCUT2D eigenvalue weighted by atomic mass is 10.2. The highest BCUT2D eigenvalue weighted by molar-refractivity contribution is 5.63. The first kappa shape index (κ1) is 15.3. The molecule has 0 radical (unpaired) electrons. The fraction of sp³-hybridized carbons (Fsp3) is 0.412. The number of anilines is 3. The van der Waals surface area contributed by atoms with Gasteiger partial charge in [0.2, 0.25) is 0 Å². The molecule has 0 fully saturated rings. The van der Waals surface area contributed by atoms with E-state index in [1.54, 1.807) is 0 Å². The van der Waals surface area contributed by atoms with Gasteiger partial charge in [0.1, 0.15) is 17.5 Å². The Morgan fingerprint density at radius 1 is 1.14 bits per heavy atom. The first-order valence-electron chi connectivity index (χ1n) is 7.57. The zero-order valence-electron chi connectivity index (χ0n) is 13.3. The normalized spacial score (nSPS) is 10.5. The van der Waals surface area contributed by atoms with Crippen molar-refractivity contribution >= 4 is 17.3 Å². The van der Waals surface area contributed by atoms with E-state index < -0.39 is 0 Å². The van der Waals surface area contributed by atoms with Crippen molar-refractivity contribution in [1.29, 1.82) is 0 Å². The van der Waals surface area contributed by atoms with Gasteiger partial charge in [-0.15, -0.1) is 0 Å². The molecular weight excluding hydrogens is 260 g/mol. The quantitative estimate of drug-likeness (QED) is 0.872. The molecule has 0 bridgehead atoms. The molecule has 1 aromatic carbocycles. The molecular formula is C17H24N4. The minimum atomic E-state index is 0.870. The van der Waals surface area contributed by atoms with Crippen LogP contribution in [0.15, 0.2) is 30.3 Å². The number of aryl methyl sites for hydroxylation is 2. The van der Waals surface area contributed by atoms with Crippen LogP contribution in [-0.2, 0) is 6.42 Å². The van der Waals surface area contributed by atoms with Crippen molar-refractivity contribution in [2.75, 3.05) is 23.8 Å². The fourth-order valence-electron chi connectivity index (χ4n) is 2.36. The molecule has 4 heteroatoms. The summed E-state index contributed by atoms with van der Waals surface area (Å²) in [6, 6.07) is 10.5. The Morgan fingerprint density at radius 2 is 1.95 bits per heavy atom. The largest absolute Gasteiger partial charge is 0.373 e. The zero-order valence-corrected chi connectivity index (χ0v) is 13.3. The van der Waals surface area contributed by atoms with Gasteiger partial charge < -0.3 is 10.2 Å². The van der Waals surface area contributed by atoms with Crippen molar-refractivity contribution < 1.29 is 0 Å². The van der Waals surface area contributed by atoms with Gasteiger partial charge in [-0.25, -0.2) is 9.97 Å². The first-order chi connectivity index (χ1) is 10.2. The molecule has 1 N–H and O–H groups in total. The summed E-state index contributed by atoms with van der Waals surface area (Å²) in [5, 5.41) is 3.13. The molecule has 2 aromatic rings. The molecule has 0 aliphatic heterocycles. The molecule has 0 saturated carbocycles. The van der Waals surface area contributed by atoms with Gasteiger partial charge in [0.05, 0.1) is 0 Å². The van der Waals surface area contributed by atoms with E-state index >= 15 is 0 Å². The predicted molar refractivity (Wildman–Crippen MR) is 89.4 cm³/mol. The van der Waals surface area contributed by atoms with Crippen LogP contribution >= 0.6 is 0 Å². The number of aromatic nitrogens is 2. The second kappa shape index (κ2) is 7.07. The van der Waals surface area contributed by atoms with Crippen molar-refractivity contribution in [3.63, 3.8) is 0 Å². The zero-order chi connectivity index (χ0) is 15.2. The Bertz CT molecular complexity index is 595. The molecule has 1 aromatic heterocycles. The summed E-state index contributed by atoms with van der Waals surface area (Å²) in [6.07, 6.45) is 1.94. The Morgan fingerprint density at radius 3 is 2.57 bits per heavy atom. The van der Waals surface area contributed by atoms with E-state index in [4.69, 9.17) is 4.98 Å². The maximum atomic E-state index is 4.72. The molecule has 0 spiro atoms. The van der Waals surface area contributed by atoms with E-state index in [0.717, 1.165) is 36.8 Å². The molecule has 0 saturated heterocycles. The van der Waals surface area contributed by atoms with Crippen molar-refractivity contribution in [3.8, 4) is 0 Å². The van der Waals surface area contributed by atoms with E-state index in [1.807, 2.05) is 13.1 Å². The van der Waals surface area contributed by atoms with Crippen LogP contribution in [0.3, 0.4) is 0 Å². The summed E-state index contributed by atoms with van der Waals surface area (Å²) in [5.41, 5.74) is 2.42. The van der Waals surface area contributed by atoms with Gasteiger partial charge in [-0.3, -0.25) is 0 Å². The van der Waals surface area contributed by atoms with Crippen LogP contribution in [0, 0.1) is 6.92 Å². The van der Waals surface area contributed by atoms with Gasteiger partial charge in [0, 0.05) is 31.8 Å². The number of rotatable bonds is 6. The van der Waals surface area contributed by atoms with Crippen molar-refractivity contribution in [2.45, 2.75) is 33.6 Å². The molecule has 0 aliphatic carbocycles. The van der Waals surface area contributed by atoms with Crippen LogP contribution in [0.25, 0.3) is 0 Å². The maximum absolute atomic E-state index is 4.72. The third-order valence-electron chi connectivity index (χ3n) is 3.39. The SMILES string of the molecule is CCCc1nc(NC)cc(N(CC)c2cccc(C)c2)n1. The summed E-state index contributed by atoms with van der Waals surface area (Å²) in [6.45, 7) is 7.27. The van der Waals surface area contributed by atoms with Crippen LogP contribution in [0.2, 0.25) is 0 Å². The van der Waals surface area contributed by atoms with E-state index in [1.165, 1.54) is 11.3 Å². The average molecular weight is 284 g/mol. The van der Waals surface area contributed by atoms with Gasteiger partial charge in [-0.2, -0.15) is 0 Å². The lowest BCUT2D eigenvalue weighted by Crippen LogP contribution is -2.19. The number of hydrogen-bond donors (Lipinski definition) is 1. The first-order valence-corrected chi connectivity index (χ1v) is 7.57. The summed E-state index contributed by atoms with van der Waals surface area (Å²) in [5.74, 6) is 2.71. The highest BCUT2D eigenvalue weighted by atomic mass is 15.2. The van der Waals surface area contributed by atoms with E-state index in [2.05, 4.69) is 60.2 Å². The van der Waals surface area contributed by atoms with Crippen LogP contribution < -0.4 is 10.2 Å². The van der Waals surface area contributed by atoms with Crippen molar-refractivity contribution in [2.24, 2.45) is 0 Å². The molecule has 4 nitrogen and oxygen atoms in total. The summed E-state index contributed by atoms with van der Waals surface area (Å²) < 4.78 is 0. The number of hydrogen-bond acceptors (Lipinski definition) is 4. The molecule has 0 atom stereocenters. The number of nitrogens with one attached hydrogen (secondary N) is 1. The maximum Gasteiger partial charge on any atom is 0.138 e. The molecule has 2 rings (SSSR count). The molecule has 112 valence electrons. The van der Waals surface area contributed by atoms with Crippen LogP contribution in [0.1, 0.15) is 31.7 Å². The van der Waals surface area contributed by atoms with Gasteiger partial charge in [0.15, 0.2) is 0 Å². The topological polar surface area (TPSA) is 41.1 Å². The molecule has 1 heterocycles. The van der Waals surface area contributed by atoms with Crippen LogP contribution in [-0.4, -0.2) is 23.6 Å². The lowest BCUT2D eigenvalue weighted by Gasteiger charge is -2.23. The molecule has 0 amide bonds. The third-order valence-corrected chi connectivity index (χ3v) is 3.39. The highest BCUT2D eigenvalue weighted by Gasteiger charge is 2.12. The second-order valence-corrected chi connectivity index (χ2v) is 5.11. The number of benzene rings is 1. The average Bonchev–Trinajstić information content (AvgIpc) is 2.48. The predicted octanol–water partition coefficient (Wildman–Crippen LogP) is 3.94. The monoisotopic (exact) mass is 284 g/mol. The Hall–Kier alpha value is -2.10. The van der Waals surface area contributed by atoms with Crippen molar-refractivity contribution in [1.82, 2.24) is 9.97 Å². The van der Waals surface area contributed by atoms with E-state index in [0.29, 0.717) is 0 Å². The molecule has 0 unspecified atom stereocenters. The minimum absolute atomic E-state index is 0.870. The smallest absolute Gasteiger partial charge is 0.138 e. The van der Waals surface area contributed by atoms with Gasteiger partial charge in [-0.1, -0.05) is 19.1 Å². The summed E-state index contributed by atoms with van der Waals surface area (Å²) >= 11 is 0.